The van der Waals surface area contributed by atoms with Crippen molar-refractivity contribution < 1.29 is 9.90 Å². The summed E-state index contributed by atoms with van der Waals surface area (Å²) in [7, 11) is 0. The van der Waals surface area contributed by atoms with E-state index in [0.717, 1.165) is 18.4 Å². The molecule has 0 heterocycles. The highest BCUT2D eigenvalue weighted by Crippen LogP contribution is 2.30. The fourth-order valence-electron chi connectivity index (χ4n) is 2.36. The monoisotopic (exact) mass is 289 g/mol. The lowest BCUT2D eigenvalue weighted by Gasteiger charge is -2.25. The Hall–Kier alpha value is -0.770. The summed E-state index contributed by atoms with van der Waals surface area (Å²) >= 11 is 5.89. The molecule has 0 radical (unpaired) electrons. The molecule has 0 bridgehead atoms. The fraction of sp³-hybridized carbons (Fsp3) is 0.462. The number of carboxylic acid groups (broad SMARTS) is 1. The van der Waals surface area contributed by atoms with E-state index in [-0.39, 0.29) is 12.4 Å². The standard InChI is InChI=1S/C13H16ClNO2.ClH/c14-11-5-3-4-10(8-11)9-15-13(12(16)17)6-1-2-7-13;/h3-5,8,15H,1-2,6-7,9H2,(H,16,17);1H. The Morgan fingerprint density at radius 2 is 2.06 bits per heavy atom. The molecule has 5 heteroatoms. The largest absolute Gasteiger partial charge is 0.480 e. The lowest BCUT2D eigenvalue weighted by molar-refractivity contribution is -0.144. The third-order valence-electron chi connectivity index (χ3n) is 3.39. The highest BCUT2D eigenvalue weighted by atomic mass is 35.5. The minimum absolute atomic E-state index is 0. The van der Waals surface area contributed by atoms with Gasteiger partial charge in [0.2, 0.25) is 0 Å². The van der Waals surface area contributed by atoms with Crippen LogP contribution in [0.5, 0.6) is 0 Å². The maximum absolute atomic E-state index is 11.3. The van der Waals surface area contributed by atoms with Gasteiger partial charge in [-0.05, 0) is 30.5 Å². The quantitative estimate of drug-likeness (QED) is 0.895. The van der Waals surface area contributed by atoms with Crippen molar-refractivity contribution in [3.8, 4) is 0 Å². The Balaban J connectivity index is 0.00000162. The molecule has 2 N–H and O–H groups in total. The van der Waals surface area contributed by atoms with Gasteiger partial charge < -0.3 is 5.11 Å². The van der Waals surface area contributed by atoms with Gasteiger partial charge >= 0.3 is 5.97 Å². The van der Waals surface area contributed by atoms with Crippen LogP contribution in [0.3, 0.4) is 0 Å². The van der Waals surface area contributed by atoms with Crippen LogP contribution in [0.4, 0.5) is 0 Å². The van der Waals surface area contributed by atoms with Gasteiger partial charge in [-0.3, -0.25) is 10.1 Å². The lowest BCUT2D eigenvalue weighted by Crippen LogP contribution is -2.49. The normalized spacial score (nSPS) is 17.2. The van der Waals surface area contributed by atoms with Crippen molar-refractivity contribution in [2.45, 2.75) is 37.8 Å². The molecule has 1 aliphatic rings. The Kier molecular flexibility index (Phi) is 5.45. The second kappa shape index (κ2) is 6.41. The van der Waals surface area contributed by atoms with Crippen LogP contribution in [0.25, 0.3) is 0 Å². The first-order valence-electron chi connectivity index (χ1n) is 5.85. The molecular formula is C13H17Cl2NO2. The van der Waals surface area contributed by atoms with Crippen molar-refractivity contribution in [1.82, 2.24) is 5.32 Å². The smallest absolute Gasteiger partial charge is 0.323 e. The maximum Gasteiger partial charge on any atom is 0.323 e. The zero-order valence-corrected chi connectivity index (χ0v) is 11.6. The molecule has 1 fully saturated rings. The van der Waals surface area contributed by atoms with E-state index >= 15 is 0 Å². The van der Waals surface area contributed by atoms with E-state index in [4.69, 9.17) is 11.6 Å². The molecule has 0 amide bonds. The Labute approximate surface area is 118 Å². The molecule has 0 aliphatic heterocycles. The zero-order valence-electron chi connectivity index (χ0n) is 9.99. The van der Waals surface area contributed by atoms with Gasteiger partial charge in [0.1, 0.15) is 5.54 Å². The second-order valence-electron chi connectivity index (χ2n) is 4.58. The average Bonchev–Trinajstić information content (AvgIpc) is 2.76. The van der Waals surface area contributed by atoms with E-state index < -0.39 is 11.5 Å². The molecule has 2 rings (SSSR count). The van der Waals surface area contributed by atoms with Crippen LogP contribution < -0.4 is 5.32 Å². The summed E-state index contributed by atoms with van der Waals surface area (Å²) in [6.45, 7) is 0.548. The summed E-state index contributed by atoms with van der Waals surface area (Å²) in [5.41, 5.74) is 0.285. The SMILES string of the molecule is Cl.O=C(O)C1(NCc2cccc(Cl)c2)CCCC1. The van der Waals surface area contributed by atoms with Crippen molar-refractivity contribution in [3.63, 3.8) is 0 Å². The minimum Gasteiger partial charge on any atom is -0.480 e. The van der Waals surface area contributed by atoms with Gasteiger partial charge in [-0.2, -0.15) is 0 Å². The summed E-state index contributed by atoms with van der Waals surface area (Å²) in [4.78, 5) is 11.3. The molecule has 0 saturated heterocycles. The van der Waals surface area contributed by atoms with Crippen LogP contribution in [0.2, 0.25) is 5.02 Å². The van der Waals surface area contributed by atoms with Crippen molar-refractivity contribution in [3.05, 3.63) is 34.9 Å². The molecule has 18 heavy (non-hydrogen) atoms. The van der Waals surface area contributed by atoms with Gasteiger partial charge in [0.05, 0.1) is 0 Å². The number of nitrogens with one attached hydrogen (secondary N) is 1. The van der Waals surface area contributed by atoms with Crippen LogP contribution >= 0.6 is 24.0 Å². The number of halogens is 2. The summed E-state index contributed by atoms with van der Waals surface area (Å²) in [5, 5.41) is 13.2. The summed E-state index contributed by atoms with van der Waals surface area (Å²) < 4.78 is 0. The molecule has 1 aliphatic carbocycles. The molecule has 0 unspecified atom stereocenters. The van der Waals surface area contributed by atoms with Crippen LogP contribution in [-0.4, -0.2) is 16.6 Å². The molecule has 1 aromatic carbocycles. The maximum atomic E-state index is 11.3. The lowest BCUT2D eigenvalue weighted by atomic mass is 9.97. The van der Waals surface area contributed by atoms with Crippen LogP contribution in [0.15, 0.2) is 24.3 Å². The minimum atomic E-state index is -0.739. The number of hydrogen-bond acceptors (Lipinski definition) is 2. The molecule has 1 aromatic rings. The van der Waals surface area contributed by atoms with E-state index in [1.165, 1.54) is 0 Å². The van der Waals surface area contributed by atoms with Crippen LogP contribution in [0, 0.1) is 0 Å². The van der Waals surface area contributed by atoms with Gasteiger partial charge in [0.25, 0.3) is 0 Å². The highest BCUT2D eigenvalue weighted by Gasteiger charge is 2.40. The zero-order chi connectivity index (χ0) is 12.3. The van der Waals surface area contributed by atoms with E-state index in [2.05, 4.69) is 5.32 Å². The third kappa shape index (κ3) is 3.37. The molecule has 0 atom stereocenters. The van der Waals surface area contributed by atoms with Gasteiger partial charge in [-0.25, -0.2) is 0 Å². The average molecular weight is 290 g/mol. The Morgan fingerprint density at radius 3 is 2.61 bits per heavy atom. The summed E-state index contributed by atoms with van der Waals surface area (Å²) in [6, 6.07) is 7.50. The van der Waals surface area contributed by atoms with Gasteiger partial charge in [0, 0.05) is 11.6 Å². The first-order chi connectivity index (χ1) is 8.12. The fourth-order valence-corrected chi connectivity index (χ4v) is 2.58. The van der Waals surface area contributed by atoms with Crippen molar-refractivity contribution in [1.29, 1.82) is 0 Å². The number of benzene rings is 1. The van der Waals surface area contributed by atoms with E-state index in [1.54, 1.807) is 0 Å². The topological polar surface area (TPSA) is 49.3 Å². The predicted molar refractivity (Wildman–Crippen MR) is 74.4 cm³/mol. The van der Waals surface area contributed by atoms with Crippen LogP contribution in [-0.2, 0) is 11.3 Å². The summed E-state index contributed by atoms with van der Waals surface area (Å²) in [6.07, 6.45) is 3.38. The van der Waals surface area contributed by atoms with E-state index in [9.17, 15) is 9.90 Å². The first kappa shape index (κ1) is 15.3. The molecular weight excluding hydrogens is 273 g/mol. The molecule has 100 valence electrons. The first-order valence-corrected chi connectivity index (χ1v) is 6.23. The van der Waals surface area contributed by atoms with Gasteiger partial charge in [-0.15, -0.1) is 12.4 Å². The Morgan fingerprint density at radius 1 is 1.39 bits per heavy atom. The molecule has 0 spiro atoms. The van der Waals surface area contributed by atoms with Gasteiger partial charge in [0.15, 0.2) is 0 Å². The number of carbonyl (C=O) groups is 1. The van der Waals surface area contributed by atoms with Gasteiger partial charge in [-0.1, -0.05) is 36.6 Å². The van der Waals surface area contributed by atoms with Crippen molar-refractivity contribution in [2.24, 2.45) is 0 Å². The van der Waals surface area contributed by atoms with E-state index in [1.807, 2.05) is 24.3 Å². The van der Waals surface area contributed by atoms with Crippen LogP contribution in [0.1, 0.15) is 31.2 Å². The third-order valence-corrected chi connectivity index (χ3v) is 3.62. The summed E-state index contributed by atoms with van der Waals surface area (Å²) in [5.74, 6) is -0.739. The molecule has 3 nitrogen and oxygen atoms in total. The number of carboxylic acids is 1. The Bertz CT molecular complexity index is 417. The van der Waals surface area contributed by atoms with Crippen molar-refractivity contribution in [2.75, 3.05) is 0 Å². The second-order valence-corrected chi connectivity index (χ2v) is 5.01. The number of rotatable bonds is 4. The number of aliphatic carboxylic acids is 1. The molecule has 1 saturated carbocycles. The number of hydrogen-bond donors (Lipinski definition) is 2. The van der Waals surface area contributed by atoms with Crippen molar-refractivity contribution >= 4 is 30.0 Å². The molecule has 0 aromatic heterocycles. The predicted octanol–water partition coefficient (Wildman–Crippen LogP) is 3.25. The highest BCUT2D eigenvalue weighted by molar-refractivity contribution is 6.30. The van der Waals surface area contributed by atoms with E-state index in [0.29, 0.717) is 24.4 Å².